The highest BCUT2D eigenvalue weighted by Gasteiger charge is 2.45. The van der Waals surface area contributed by atoms with E-state index in [9.17, 15) is 0 Å². The molecule has 1 aliphatic rings. The summed E-state index contributed by atoms with van der Waals surface area (Å²) >= 11 is 0. The Hall–Kier alpha value is -1.72. The number of ether oxygens (including phenoxy) is 1. The van der Waals surface area contributed by atoms with Crippen molar-refractivity contribution in [3.8, 4) is 0 Å². The van der Waals surface area contributed by atoms with E-state index in [0.29, 0.717) is 18.9 Å². The normalized spacial score (nSPS) is 22.3. The molecule has 0 radical (unpaired) electrons. The van der Waals surface area contributed by atoms with E-state index in [-0.39, 0.29) is 17.2 Å². The van der Waals surface area contributed by atoms with Gasteiger partial charge in [-0.15, -0.1) is 0 Å². The van der Waals surface area contributed by atoms with E-state index in [1.54, 1.807) is 0 Å². The third-order valence-electron chi connectivity index (χ3n) is 4.29. The lowest BCUT2D eigenvalue weighted by molar-refractivity contribution is -0.0700. The van der Waals surface area contributed by atoms with E-state index in [1.807, 2.05) is 18.2 Å². The van der Waals surface area contributed by atoms with Crippen molar-refractivity contribution in [2.24, 2.45) is 0 Å². The highest BCUT2D eigenvalue weighted by atomic mass is 16.5. The SMILES string of the molecule is CC1(C)C[C@@H](NCc2nc(Cc3ccccc3)no2)C(C)(C)O1. The van der Waals surface area contributed by atoms with Gasteiger partial charge >= 0.3 is 0 Å². The van der Waals surface area contributed by atoms with Crippen LogP contribution in [-0.2, 0) is 17.7 Å². The quantitative estimate of drug-likeness (QED) is 0.918. The molecule has 1 aromatic carbocycles. The molecule has 124 valence electrons. The van der Waals surface area contributed by atoms with Gasteiger partial charge in [-0.2, -0.15) is 4.98 Å². The topological polar surface area (TPSA) is 60.2 Å². The standard InChI is InChI=1S/C18H25N3O2/c1-17(2)11-14(18(3,4)23-17)19-12-16-20-15(21-22-16)10-13-8-6-5-7-9-13/h5-9,14,19H,10-12H2,1-4H3/t14-/m1/s1. The van der Waals surface area contributed by atoms with Crippen LogP contribution < -0.4 is 5.32 Å². The van der Waals surface area contributed by atoms with Gasteiger partial charge < -0.3 is 14.6 Å². The van der Waals surface area contributed by atoms with Crippen molar-refractivity contribution in [1.82, 2.24) is 15.5 Å². The molecule has 2 heterocycles. The molecular formula is C18H25N3O2. The molecule has 5 nitrogen and oxygen atoms in total. The van der Waals surface area contributed by atoms with Gasteiger partial charge in [0.1, 0.15) is 0 Å². The Balaban J connectivity index is 1.57. The van der Waals surface area contributed by atoms with Crippen LogP contribution in [0.2, 0.25) is 0 Å². The molecular weight excluding hydrogens is 290 g/mol. The summed E-state index contributed by atoms with van der Waals surface area (Å²) in [6.07, 6.45) is 1.65. The molecule has 0 spiro atoms. The number of nitrogens with one attached hydrogen (secondary N) is 1. The number of hydrogen-bond donors (Lipinski definition) is 1. The fourth-order valence-electron chi connectivity index (χ4n) is 3.30. The number of nitrogens with zero attached hydrogens (tertiary/aromatic N) is 2. The van der Waals surface area contributed by atoms with Crippen LogP contribution in [0.25, 0.3) is 0 Å². The van der Waals surface area contributed by atoms with Gasteiger partial charge in [0, 0.05) is 12.5 Å². The maximum atomic E-state index is 6.09. The molecule has 0 aliphatic carbocycles. The minimum atomic E-state index is -0.198. The molecule has 1 atom stereocenters. The molecule has 1 aliphatic heterocycles. The van der Waals surface area contributed by atoms with Crippen molar-refractivity contribution >= 4 is 0 Å². The summed E-state index contributed by atoms with van der Waals surface area (Å²) in [4.78, 5) is 4.47. The second-order valence-electron chi connectivity index (χ2n) is 7.37. The maximum Gasteiger partial charge on any atom is 0.240 e. The van der Waals surface area contributed by atoms with Crippen LogP contribution in [0.1, 0.15) is 51.4 Å². The minimum Gasteiger partial charge on any atom is -0.368 e. The highest BCUT2D eigenvalue weighted by Crippen LogP contribution is 2.37. The van der Waals surface area contributed by atoms with Crippen LogP contribution in [0, 0.1) is 0 Å². The average Bonchev–Trinajstić information content (AvgIpc) is 2.98. The van der Waals surface area contributed by atoms with Crippen molar-refractivity contribution in [3.63, 3.8) is 0 Å². The first kappa shape index (κ1) is 16.1. The zero-order valence-electron chi connectivity index (χ0n) is 14.3. The van der Waals surface area contributed by atoms with E-state index >= 15 is 0 Å². The zero-order chi connectivity index (χ0) is 16.5. The fraction of sp³-hybridized carbons (Fsp3) is 0.556. The van der Waals surface area contributed by atoms with Gasteiger partial charge in [-0.05, 0) is 39.7 Å². The number of aromatic nitrogens is 2. The molecule has 1 N–H and O–H groups in total. The molecule has 0 unspecified atom stereocenters. The lowest BCUT2D eigenvalue weighted by atomic mass is 9.94. The van der Waals surface area contributed by atoms with Crippen LogP contribution in [0.3, 0.4) is 0 Å². The Labute approximate surface area is 137 Å². The molecule has 1 saturated heterocycles. The molecule has 1 aromatic heterocycles. The van der Waals surface area contributed by atoms with Crippen molar-refractivity contribution in [1.29, 1.82) is 0 Å². The van der Waals surface area contributed by atoms with Gasteiger partial charge in [0.15, 0.2) is 5.82 Å². The molecule has 3 rings (SSSR count). The maximum absolute atomic E-state index is 6.09. The summed E-state index contributed by atoms with van der Waals surface area (Å²) in [5, 5.41) is 7.56. The average molecular weight is 315 g/mol. The van der Waals surface area contributed by atoms with Crippen LogP contribution in [0.5, 0.6) is 0 Å². The summed E-state index contributed by atoms with van der Waals surface area (Å²) < 4.78 is 11.4. The summed E-state index contributed by atoms with van der Waals surface area (Å²) in [7, 11) is 0. The van der Waals surface area contributed by atoms with E-state index in [1.165, 1.54) is 5.56 Å². The van der Waals surface area contributed by atoms with Crippen LogP contribution in [0.15, 0.2) is 34.9 Å². The largest absolute Gasteiger partial charge is 0.368 e. The number of benzene rings is 1. The van der Waals surface area contributed by atoms with Crippen LogP contribution in [-0.4, -0.2) is 27.4 Å². The first-order chi connectivity index (χ1) is 10.8. The van der Waals surface area contributed by atoms with Gasteiger partial charge in [-0.25, -0.2) is 0 Å². The van der Waals surface area contributed by atoms with Crippen molar-refractivity contribution < 1.29 is 9.26 Å². The van der Waals surface area contributed by atoms with Gasteiger partial charge in [-0.3, -0.25) is 0 Å². The summed E-state index contributed by atoms with van der Waals surface area (Å²) in [6, 6.07) is 10.4. The molecule has 5 heteroatoms. The molecule has 0 saturated carbocycles. The second kappa shape index (κ2) is 6.06. The predicted octanol–water partition coefficient (Wildman–Crippen LogP) is 3.10. The Kier molecular flexibility index (Phi) is 4.25. The predicted molar refractivity (Wildman–Crippen MR) is 88.0 cm³/mol. The van der Waals surface area contributed by atoms with Gasteiger partial charge in [-0.1, -0.05) is 35.5 Å². The summed E-state index contributed by atoms with van der Waals surface area (Å²) in [5.41, 5.74) is 0.880. The third kappa shape index (κ3) is 3.98. The number of rotatable bonds is 5. The van der Waals surface area contributed by atoms with Gasteiger partial charge in [0.25, 0.3) is 0 Å². The summed E-state index contributed by atoms with van der Waals surface area (Å²) in [6.45, 7) is 9.06. The van der Waals surface area contributed by atoms with Gasteiger partial charge in [0.2, 0.25) is 5.89 Å². The molecule has 0 bridgehead atoms. The van der Waals surface area contributed by atoms with E-state index in [2.05, 4.69) is 55.3 Å². The Morgan fingerprint density at radius 3 is 2.57 bits per heavy atom. The monoisotopic (exact) mass is 315 g/mol. The van der Waals surface area contributed by atoms with E-state index in [0.717, 1.165) is 12.2 Å². The van der Waals surface area contributed by atoms with Crippen LogP contribution >= 0.6 is 0 Å². The Morgan fingerprint density at radius 1 is 1.17 bits per heavy atom. The molecule has 2 aromatic rings. The van der Waals surface area contributed by atoms with Gasteiger partial charge in [0.05, 0.1) is 17.7 Å². The highest BCUT2D eigenvalue weighted by molar-refractivity contribution is 5.18. The molecule has 0 amide bonds. The minimum absolute atomic E-state index is 0.103. The first-order valence-corrected chi connectivity index (χ1v) is 8.13. The Bertz CT molecular complexity index is 649. The zero-order valence-corrected chi connectivity index (χ0v) is 14.3. The Morgan fingerprint density at radius 2 is 1.91 bits per heavy atom. The lowest BCUT2D eigenvalue weighted by Gasteiger charge is -2.27. The van der Waals surface area contributed by atoms with E-state index < -0.39 is 0 Å². The lowest BCUT2D eigenvalue weighted by Crippen LogP contribution is -2.43. The van der Waals surface area contributed by atoms with Crippen molar-refractivity contribution in [2.45, 2.75) is 64.3 Å². The van der Waals surface area contributed by atoms with E-state index in [4.69, 9.17) is 9.26 Å². The fourth-order valence-corrected chi connectivity index (χ4v) is 3.30. The number of hydrogen-bond acceptors (Lipinski definition) is 5. The van der Waals surface area contributed by atoms with Crippen molar-refractivity contribution in [3.05, 3.63) is 47.6 Å². The second-order valence-corrected chi connectivity index (χ2v) is 7.37. The van der Waals surface area contributed by atoms with Crippen LogP contribution in [0.4, 0.5) is 0 Å². The third-order valence-corrected chi connectivity index (χ3v) is 4.29. The first-order valence-electron chi connectivity index (χ1n) is 8.13. The smallest absolute Gasteiger partial charge is 0.240 e. The summed E-state index contributed by atoms with van der Waals surface area (Å²) in [5.74, 6) is 1.34. The van der Waals surface area contributed by atoms with Crippen molar-refractivity contribution in [2.75, 3.05) is 0 Å². The molecule has 1 fully saturated rings. The molecule has 23 heavy (non-hydrogen) atoms.